The summed E-state index contributed by atoms with van der Waals surface area (Å²) in [5.74, 6) is -2.77. The summed E-state index contributed by atoms with van der Waals surface area (Å²) in [5, 5.41) is 29.1. The third-order valence-electron chi connectivity index (χ3n) is 2.41. The van der Waals surface area contributed by atoms with Crippen LogP contribution in [-0.2, 0) is 0 Å². The number of hydrogen-bond acceptors (Lipinski definition) is 4. The lowest BCUT2D eigenvalue weighted by Gasteiger charge is -2.28. The minimum Gasteiger partial charge on any atom is -0.394 e. The summed E-state index contributed by atoms with van der Waals surface area (Å²) in [7, 11) is 0. The van der Waals surface area contributed by atoms with Gasteiger partial charge in [0.15, 0.2) is 0 Å². The molecule has 0 spiro atoms. The monoisotopic (exact) mass is 261 g/mol. The molecule has 1 amide bonds. The molecule has 0 fully saturated rings. The second-order valence-electron chi connectivity index (χ2n) is 3.87. The molecule has 0 heterocycles. The van der Waals surface area contributed by atoms with Crippen molar-refractivity contribution < 1.29 is 28.9 Å². The molecule has 0 saturated heterocycles. The Bertz CT molecular complexity index is 407. The van der Waals surface area contributed by atoms with E-state index in [0.29, 0.717) is 6.07 Å². The van der Waals surface area contributed by atoms with Gasteiger partial charge in [0.1, 0.15) is 17.2 Å². The maximum Gasteiger partial charge on any atom is 0.252 e. The SMILES string of the molecule is O=C(NC(CO)(CO)CO)c1cc(F)cc(F)c1. The van der Waals surface area contributed by atoms with Crippen LogP contribution in [0.5, 0.6) is 0 Å². The highest BCUT2D eigenvalue weighted by Gasteiger charge is 2.30. The number of hydrogen-bond donors (Lipinski definition) is 4. The standard InChI is InChI=1S/C11H13F2NO4/c12-8-1-7(2-9(13)3-8)10(18)14-11(4-15,5-16)6-17/h1-3,15-17H,4-6H2,(H,14,18). The molecule has 100 valence electrons. The fourth-order valence-corrected chi connectivity index (χ4v) is 1.27. The molecule has 0 saturated carbocycles. The molecule has 1 rings (SSSR count). The van der Waals surface area contributed by atoms with E-state index in [9.17, 15) is 13.6 Å². The van der Waals surface area contributed by atoms with Gasteiger partial charge in [0.05, 0.1) is 19.8 Å². The van der Waals surface area contributed by atoms with Crippen molar-refractivity contribution in [2.24, 2.45) is 0 Å². The van der Waals surface area contributed by atoms with E-state index in [1.165, 1.54) is 0 Å². The van der Waals surface area contributed by atoms with Gasteiger partial charge < -0.3 is 20.6 Å². The number of aliphatic hydroxyl groups excluding tert-OH is 3. The van der Waals surface area contributed by atoms with E-state index in [-0.39, 0.29) is 5.56 Å². The number of aliphatic hydroxyl groups is 3. The molecule has 0 aromatic heterocycles. The van der Waals surface area contributed by atoms with Crippen molar-refractivity contribution in [1.29, 1.82) is 0 Å². The van der Waals surface area contributed by atoms with E-state index in [2.05, 4.69) is 5.32 Å². The van der Waals surface area contributed by atoms with Gasteiger partial charge in [-0.05, 0) is 12.1 Å². The van der Waals surface area contributed by atoms with Gasteiger partial charge in [0.2, 0.25) is 0 Å². The van der Waals surface area contributed by atoms with Crippen molar-refractivity contribution >= 4 is 5.91 Å². The van der Waals surface area contributed by atoms with Crippen LogP contribution in [0.15, 0.2) is 18.2 Å². The van der Waals surface area contributed by atoms with Gasteiger partial charge in [0.25, 0.3) is 5.91 Å². The van der Waals surface area contributed by atoms with Crippen LogP contribution in [0.1, 0.15) is 10.4 Å². The highest BCUT2D eigenvalue weighted by molar-refractivity contribution is 5.94. The zero-order chi connectivity index (χ0) is 13.8. The van der Waals surface area contributed by atoms with E-state index < -0.39 is 42.9 Å². The van der Waals surface area contributed by atoms with Crippen molar-refractivity contribution in [3.8, 4) is 0 Å². The third-order valence-corrected chi connectivity index (χ3v) is 2.41. The Morgan fingerprint density at radius 3 is 1.89 bits per heavy atom. The summed E-state index contributed by atoms with van der Waals surface area (Å²) in [6, 6.07) is 2.21. The summed E-state index contributed by atoms with van der Waals surface area (Å²) in [4.78, 5) is 11.7. The number of carbonyl (C=O) groups is 1. The summed E-state index contributed by atoms with van der Waals surface area (Å²) in [5.41, 5.74) is -1.95. The summed E-state index contributed by atoms with van der Waals surface area (Å²) < 4.78 is 25.8. The van der Waals surface area contributed by atoms with Gasteiger partial charge in [-0.15, -0.1) is 0 Å². The molecule has 0 aliphatic carbocycles. The molecule has 0 atom stereocenters. The maximum absolute atomic E-state index is 12.9. The Morgan fingerprint density at radius 1 is 1.06 bits per heavy atom. The molecule has 1 aromatic rings. The number of carbonyl (C=O) groups excluding carboxylic acids is 1. The normalized spacial score (nSPS) is 11.4. The molecule has 0 aliphatic rings. The quantitative estimate of drug-likeness (QED) is 0.570. The van der Waals surface area contributed by atoms with Gasteiger partial charge >= 0.3 is 0 Å². The van der Waals surface area contributed by atoms with Gasteiger partial charge in [0, 0.05) is 11.6 Å². The molecule has 1 aromatic carbocycles. The van der Waals surface area contributed by atoms with Gasteiger partial charge in [-0.25, -0.2) is 8.78 Å². The van der Waals surface area contributed by atoms with E-state index in [4.69, 9.17) is 15.3 Å². The Balaban J connectivity index is 2.94. The molecule has 0 radical (unpaired) electrons. The number of halogens is 2. The van der Waals surface area contributed by atoms with E-state index >= 15 is 0 Å². The van der Waals surface area contributed by atoms with E-state index in [0.717, 1.165) is 12.1 Å². The minimum atomic E-state index is -1.64. The van der Waals surface area contributed by atoms with Crippen molar-refractivity contribution in [3.05, 3.63) is 35.4 Å². The lowest BCUT2D eigenvalue weighted by molar-refractivity contribution is 0.0375. The minimum absolute atomic E-state index is 0.313. The van der Waals surface area contributed by atoms with Crippen molar-refractivity contribution in [3.63, 3.8) is 0 Å². The molecule has 0 bridgehead atoms. The van der Waals surface area contributed by atoms with Crippen molar-refractivity contribution in [2.45, 2.75) is 5.54 Å². The smallest absolute Gasteiger partial charge is 0.252 e. The van der Waals surface area contributed by atoms with Crippen LogP contribution < -0.4 is 5.32 Å². The molecule has 4 N–H and O–H groups in total. The molecule has 0 aliphatic heterocycles. The second kappa shape index (κ2) is 5.85. The van der Waals surface area contributed by atoms with Crippen molar-refractivity contribution in [1.82, 2.24) is 5.32 Å². The number of benzene rings is 1. The first-order valence-corrected chi connectivity index (χ1v) is 5.07. The number of amides is 1. The third kappa shape index (κ3) is 3.22. The fourth-order valence-electron chi connectivity index (χ4n) is 1.27. The predicted molar refractivity (Wildman–Crippen MR) is 57.8 cm³/mol. The first-order chi connectivity index (χ1) is 8.46. The highest BCUT2D eigenvalue weighted by atomic mass is 19.1. The summed E-state index contributed by atoms with van der Waals surface area (Å²) >= 11 is 0. The first-order valence-electron chi connectivity index (χ1n) is 5.07. The lowest BCUT2D eigenvalue weighted by Crippen LogP contribution is -2.57. The summed E-state index contributed by atoms with van der Waals surface area (Å²) in [6.07, 6.45) is 0. The Hall–Kier alpha value is -1.57. The average molecular weight is 261 g/mol. The van der Waals surface area contributed by atoms with Gasteiger partial charge in [-0.2, -0.15) is 0 Å². The zero-order valence-corrected chi connectivity index (χ0v) is 9.36. The zero-order valence-electron chi connectivity index (χ0n) is 9.36. The summed E-state index contributed by atoms with van der Waals surface area (Å²) in [6.45, 7) is -2.16. The first kappa shape index (κ1) is 14.5. The molecular formula is C11H13F2NO4. The molecule has 18 heavy (non-hydrogen) atoms. The van der Waals surface area contributed by atoms with Gasteiger partial charge in [-0.1, -0.05) is 0 Å². The van der Waals surface area contributed by atoms with Crippen LogP contribution in [-0.4, -0.2) is 46.6 Å². The number of nitrogens with one attached hydrogen (secondary N) is 1. The number of rotatable bonds is 5. The van der Waals surface area contributed by atoms with E-state index in [1.807, 2.05) is 0 Å². The highest BCUT2D eigenvalue weighted by Crippen LogP contribution is 2.10. The van der Waals surface area contributed by atoms with Crippen LogP contribution in [0.4, 0.5) is 8.78 Å². The topological polar surface area (TPSA) is 89.8 Å². The van der Waals surface area contributed by atoms with Crippen LogP contribution in [0.2, 0.25) is 0 Å². The fraction of sp³-hybridized carbons (Fsp3) is 0.364. The molecular weight excluding hydrogens is 248 g/mol. The molecule has 0 unspecified atom stereocenters. The largest absolute Gasteiger partial charge is 0.394 e. The lowest BCUT2D eigenvalue weighted by atomic mass is 10.0. The van der Waals surface area contributed by atoms with Crippen LogP contribution in [0.3, 0.4) is 0 Å². The van der Waals surface area contributed by atoms with Gasteiger partial charge in [-0.3, -0.25) is 4.79 Å². The average Bonchev–Trinajstić information content (AvgIpc) is 2.35. The Kier molecular flexibility index (Phi) is 4.71. The Morgan fingerprint density at radius 2 is 1.50 bits per heavy atom. The van der Waals surface area contributed by atoms with Crippen LogP contribution >= 0.6 is 0 Å². The molecule has 5 nitrogen and oxygen atoms in total. The Labute approximate surface area is 102 Å². The van der Waals surface area contributed by atoms with Crippen LogP contribution in [0.25, 0.3) is 0 Å². The van der Waals surface area contributed by atoms with Crippen molar-refractivity contribution in [2.75, 3.05) is 19.8 Å². The van der Waals surface area contributed by atoms with Crippen LogP contribution in [0, 0.1) is 11.6 Å². The second-order valence-corrected chi connectivity index (χ2v) is 3.87. The predicted octanol–water partition coefficient (Wildman–Crippen LogP) is -0.590. The van der Waals surface area contributed by atoms with E-state index in [1.54, 1.807) is 0 Å². The maximum atomic E-state index is 12.9. The molecule has 7 heteroatoms.